The van der Waals surface area contributed by atoms with Gasteiger partial charge in [0.2, 0.25) is 0 Å². The summed E-state index contributed by atoms with van der Waals surface area (Å²) in [7, 11) is 0. The second kappa shape index (κ2) is 4.54. The van der Waals surface area contributed by atoms with Gasteiger partial charge in [-0.2, -0.15) is 0 Å². The van der Waals surface area contributed by atoms with Crippen molar-refractivity contribution in [3.05, 3.63) is 41.6 Å². The molecule has 0 aliphatic rings. The van der Waals surface area contributed by atoms with E-state index in [-0.39, 0.29) is 11.3 Å². The zero-order valence-electron chi connectivity index (χ0n) is 7.92. The lowest BCUT2D eigenvalue weighted by Gasteiger charge is -2.05. The van der Waals surface area contributed by atoms with E-state index >= 15 is 0 Å². The zero-order chi connectivity index (χ0) is 11.4. The third-order valence-corrected chi connectivity index (χ3v) is 1.74. The van der Waals surface area contributed by atoms with Crippen LogP contribution in [0.3, 0.4) is 0 Å². The van der Waals surface area contributed by atoms with Crippen molar-refractivity contribution in [1.29, 1.82) is 0 Å². The third-order valence-electron chi connectivity index (χ3n) is 1.74. The molecular formula is C10H9F2NO2. The molecule has 1 aromatic carbocycles. The van der Waals surface area contributed by atoms with Crippen molar-refractivity contribution < 1.29 is 18.7 Å². The molecule has 0 aliphatic carbocycles. The van der Waals surface area contributed by atoms with Crippen molar-refractivity contribution in [3.63, 3.8) is 0 Å². The summed E-state index contributed by atoms with van der Waals surface area (Å²) in [5, 5.41) is 10.5. The minimum absolute atomic E-state index is 0.280. The molecule has 0 amide bonds. The summed E-state index contributed by atoms with van der Waals surface area (Å²) in [4.78, 5) is 10.1. The molecule has 0 saturated heterocycles. The van der Waals surface area contributed by atoms with Gasteiger partial charge in [0.1, 0.15) is 11.5 Å². The monoisotopic (exact) mass is 213 g/mol. The van der Waals surface area contributed by atoms with Crippen LogP contribution in [0, 0.1) is 18.6 Å². The molecule has 0 unspecified atom stereocenters. The minimum atomic E-state index is -1.20. The number of nitrogens with one attached hydrogen (secondary N) is 1. The predicted molar refractivity (Wildman–Crippen MR) is 51.5 cm³/mol. The molecule has 0 heterocycles. The van der Waals surface area contributed by atoms with Crippen molar-refractivity contribution in [2.75, 3.05) is 5.32 Å². The van der Waals surface area contributed by atoms with Crippen LogP contribution in [0.5, 0.6) is 0 Å². The van der Waals surface area contributed by atoms with Gasteiger partial charge in [0, 0.05) is 12.3 Å². The number of hydrogen-bond acceptors (Lipinski definition) is 2. The Balaban J connectivity index is 2.94. The molecule has 80 valence electrons. The first-order valence-corrected chi connectivity index (χ1v) is 4.13. The molecule has 0 aliphatic heterocycles. The SMILES string of the molecule is Cc1ccc(F)c(N/C=C/C(=O)O)c1F. The first-order valence-electron chi connectivity index (χ1n) is 4.13. The van der Waals surface area contributed by atoms with Gasteiger partial charge in [-0.3, -0.25) is 0 Å². The quantitative estimate of drug-likeness (QED) is 0.757. The molecule has 5 heteroatoms. The lowest BCUT2D eigenvalue weighted by Crippen LogP contribution is -1.99. The molecule has 1 aromatic rings. The van der Waals surface area contributed by atoms with Crippen molar-refractivity contribution in [3.8, 4) is 0 Å². The van der Waals surface area contributed by atoms with E-state index < -0.39 is 17.6 Å². The molecule has 0 atom stereocenters. The lowest BCUT2D eigenvalue weighted by atomic mass is 10.2. The fourth-order valence-electron chi connectivity index (χ4n) is 0.985. The molecule has 1 rings (SSSR count). The highest BCUT2D eigenvalue weighted by atomic mass is 19.1. The standard InChI is InChI=1S/C10H9F2NO2/c1-6-2-3-7(11)10(9(6)12)13-5-4-8(14)15/h2-5,13H,1H3,(H,14,15)/b5-4+. The van der Waals surface area contributed by atoms with Crippen LogP contribution in [-0.2, 0) is 4.79 Å². The number of aliphatic carboxylic acids is 1. The third kappa shape index (κ3) is 2.77. The largest absolute Gasteiger partial charge is 0.478 e. The lowest BCUT2D eigenvalue weighted by molar-refractivity contribution is -0.131. The van der Waals surface area contributed by atoms with E-state index in [1.165, 1.54) is 13.0 Å². The number of carboxylic acids is 1. The number of rotatable bonds is 3. The number of hydrogen-bond donors (Lipinski definition) is 2. The normalized spacial score (nSPS) is 10.6. The van der Waals surface area contributed by atoms with Gasteiger partial charge in [0.15, 0.2) is 5.82 Å². The summed E-state index contributed by atoms with van der Waals surface area (Å²) in [5.41, 5.74) is -0.0740. The fourth-order valence-corrected chi connectivity index (χ4v) is 0.985. The van der Waals surface area contributed by atoms with Crippen LogP contribution in [0.2, 0.25) is 0 Å². The number of carboxylic acid groups (broad SMARTS) is 1. The van der Waals surface area contributed by atoms with E-state index in [9.17, 15) is 13.6 Å². The number of anilines is 1. The van der Waals surface area contributed by atoms with Crippen LogP contribution in [-0.4, -0.2) is 11.1 Å². The van der Waals surface area contributed by atoms with Crippen molar-refractivity contribution in [2.24, 2.45) is 0 Å². The van der Waals surface area contributed by atoms with Crippen LogP contribution in [0.15, 0.2) is 24.4 Å². The molecule has 0 aromatic heterocycles. The second-order valence-electron chi connectivity index (χ2n) is 2.87. The molecule has 2 N–H and O–H groups in total. The Morgan fingerprint density at radius 1 is 1.47 bits per heavy atom. The zero-order valence-corrected chi connectivity index (χ0v) is 7.92. The Hall–Kier alpha value is -1.91. The van der Waals surface area contributed by atoms with Gasteiger partial charge < -0.3 is 10.4 Å². The van der Waals surface area contributed by atoms with Gasteiger partial charge in [-0.05, 0) is 18.6 Å². The first-order chi connectivity index (χ1) is 7.02. The van der Waals surface area contributed by atoms with Gasteiger partial charge in [-0.25, -0.2) is 13.6 Å². The maximum Gasteiger partial charge on any atom is 0.329 e. The average molecular weight is 213 g/mol. The molecule has 3 nitrogen and oxygen atoms in total. The first kappa shape index (κ1) is 11.2. The van der Waals surface area contributed by atoms with Crippen LogP contribution >= 0.6 is 0 Å². The molecule has 0 bridgehead atoms. The molecule has 0 saturated carbocycles. The summed E-state index contributed by atoms with van der Waals surface area (Å²) in [6.07, 6.45) is 1.71. The van der Waals surface area contributed by atoms with Gasteiger partial charge >= 0.3 is 5.97 Å². The van der Waals surface area contributed by atoms with Gasteiger partial charge in [-0.1, -0.05) is 6.07 Å². The number of halogens is 2. The molecule has 0 radical (unpaired) electrons. The predicted octanol–water partition coefficient (Wildman–Crippen LogP) is 2.28. The average Bonchev–Trinajstić information content (AvgIpc) is 2.17. The topological polar surface area (TPSA) is 49.3 Å². The van der Waals surface area contributed by atoms with Gasteiger partial charge in [-0.15, -0.1) is 0 Å². The van der Waals surface area contributed by atoms with Gasteiger partial charge in [0.05, 0.1) is 0 Å². The van der Waals surface area contributed by atoms with Crippen LogP contribution in [0.4, 0.5) is 14.5 Å². The molecule has 15 heavy (non-hydrogen) atoms. The van der Waals surface area contributed by atoms with E-state index in [0.29, 0.717) is 0 Å². The van der Waals surface area contributed by atoms with E-state index in [4.69, 9.17) is 5.11 Å². The van der Waals surface area contributed by atoms with E-state index in [1.807, 2.05) is 0 Å². The Bertz CT molecular complexity index is 416. The van der Waals surface area contributed by atoms with E-state index in [0.717, 1.165) is 18.3 Å². The molecule has 0 spiro atoms. The van der Waals surface area contributed by atoms with Crippen LogP contribution in [0.25, 0.3) is 0 Å². The number of benzene rings is 1. The highest BCUT2D eigenvalue weighted by molar-refractivity contribution is 5.80. The summed E-state index contributed by atoms with van der Waals surface area (Å²) >= 11 is 0. The van der Waals surface area contributed by atoms with Crippen molar-refractivity contribution >= 4 is 11.7 Å². The van der Waals surface area contributed by atoms with E-state index in [2.05, 4.69) is 5.32 Å². The second-order valence-corrected chi connectivity index (χ2v) is 2.87. The Morgan fingerprint density at radius 3 is 2.73 bits per heavy atom. The summed E-state index contributed by atoms with van der Waals surface area (Å²) < 4.78 is 26.4. The highest BCUT2D eigenvalue weighted by Gasteiger charge is 2.09. The van der Waals surface area contributed by atoms with Crippen LogP contribution < -0.4 is 5.32 Å². The van der Waals surface area contributed by atoms with Crippen molar-refractivity contribution in [1.82, 2.24) is 0 Å². The number of aryl methyl sites for hydroxylation is 1. The van der Waals surface area contributed by atoms with Gasteiger partial charge in [0.25, 0.3) is 0 Å². The smallest absolute Gasteiger partial charge is 0.329 e. The van der Waals surface area contributed by atoms with Crippen molar-refractivity contribution in [2.45, 2.75) is 6.92 Å². The minimum Gasteiger partial charge on any atom is -0.478 e. The molecule has 0 fully saturated rings. The highest BCUT2D eigenvalue weighted by Crippen LogP contribution is 2.21. The summed E-state index contributed by atoms with van der Waals surface area (Å²) in [5.74, 6) is -2.70. The Labute approximate surface area is 85.0 Å². The fraction of sp³-hybridized carbons (Fsp3) is 0.100. The number of carbonyl (C=O) groups is 1. The van der Waals surface area contributed by atoms with E-state index in [1.54, 1.807) is 0 Å². The van der Waals surface area contributed by atoms with Crippen LogP contribution in [0.1, 0.15) is 5.56 Å². The summed E-state index contributed by atoms with van der Waals surface area (Å²) in [6, 6.07) is 2.41. The maximum absolute atomic E-state index is 13.3. The molecular weight excluding hydrogens is 204 g/mol. The summed E-state index contributed by atoms with van der Waals surface area (Å²) in [6.45, 7) is 1.49. The Morgan fingerprint density at radius 2 is 2.13 bits per heavy atom. The Kier molecular flexibility index (Phi) is 3.38. The maximum atomic E-state index is 13.3.